The molecule has 0 aromatic rings. The van der Waals surface area contributed by atoms with E-state index in [4.69, 9.17) is 18.6 Å². The maximum Gasteiger partial charge on any atom is 0.160 e. The molecule has 1 rings (SSSR count). The Balaban J connectivity index is 2.93. The van der Waals surface area contributed by atoms with E-state index in [0.717, 1.165) is 12.6 Å². The predicted octanol–water partition coefficient (Wildman–Crippen LogP) is 4.93. The molecule has 2 heteroatoms. The van der Waals surface area contributed by atoms with Crippen LogP contribution in [0.15, 0.2) is 71.0 Å². The van der Waals surface area contributed by atoms with Crippen LogP contribution in [0, 0.1) is 24.7 Å². The summed E-state index contributed by atoms with van der Waals surface area (Å²) in [5, 5.41) is 0. The molecule has 0 aliphatic heterocycles. The Morgan fingerprint density at radius 2 is 1.96 bits per heavy atom. The molecule has 0 aromatic heterocycles. The fourth-order valence-corrected chi connectivity index (χ4v) is 3.09. The summed E-state index contributed by atoms with van der Waals surface area (Å²) in [4.78, 5) is 0. The summed E-state index contributed by atoms with van der Waals surface area (Å²) < 4.78 is 0. The van der Waals surface area contributed by atoms with Crippen molar-refractivity contribution in [1.29, 1.82) is 0 Å². The van der Waals surface area contributed by atoms with Gasteiger partial charge in [0.15, 0.2) is 6.71 Å². The van der Waals surface area contributed by atoms with Gasteiger partial charge in [-0.1, -0.05) is 71.6 Å². The van der Waals surface area contributed by atoms with Gasteiger partial charge in [0.1, 0.15) is 0 Å². The van der Waals surface area contributed by atoms with Gasteiger partial charge in [0.05, 0.1) is 0 Å². The van der Waals surface area contributed by atoms with E-state index >= 15 is 0 Å². The van der Waals surface area contributed by atoms with Crippen LogP contribution in [0.4, 0.5) is 0 Å². The minimum Gasteiger partial charge on any atom is -0.398 e. The molecule has 1 aliphatic carbocycles. The van der Waals surface area contributed by atoms with Gasteiger partial charge in [-0.3, -0.25) is 0 Å². The third-order valence-electron chi connectivity index (χ3n) is 4.12. The van der Waals surface area contributed by atoms with Gasteiger partial charge in [0.25, 0.3) is 0 Å². The summed E-state index contributed by atoms with van der Waals surface area (Å²) in [7, 11) is 0. The van der Waals surface area contributed by atoms with Crippen molar-refractivity contribution in [1.82, 2.24) is 0 Å². The summed E-state index contributed by atoms with van der Waals surface area (Å²) in [5.74, 6) is 5.44. The fraction of sp³-hybridized carbons (Fsp3) is 0.273. The Morgan fingerprint density at radius 1 is 1.25 bits per heavy atom. The van der Waals surface area contributed by atoms with E-state index in [1.807, 2.05) is 12.2 Å². The smallest absolute Gasteiger partial charge is 0.160 e. The Labute approximate surface area is 147 Å². The van der Waals surface area contributed by atoms with Crippen molar-refractivity contribution in [3.63, 3.8) is 0 Å². The van der Waals surface area contributed by atoms with Crippen LogP contribution in [0.5, 0.6) is 0 Å². The summed E-state index contributed by atoms with van der Waals surface area (Å²) in [6, 6.07) is 0. The van der Waals surface area contributed by atoms with E-state index in [9.17, 15) is 0 Å². The molecule has 1 aliphatic rings. The molecule has 1 unspecified atom stereocenters. The van der Waals surface area contributed by atoms with Crippen LogP contribution in [-0.2, 0) is 0 Å². The van der Waals surface area contributed by atoms with Gasteiger partial charge in [-0.05, 0) is 38.7 Å². The highest BCUT2D eigenvalue weighted by Gasteiger charge is 2.26. The van der Waals surface area contributed by atoms with Crippen molar-refractivity contribution in [3.8, 4) is 24.7 Å². The van der Waals surface area contributed by atoms with Gasteiger partial charge in [-0.15, -0.1) is 12.8 Å². The van der Waals surface area contributed by atoms with Crippen LogP contribution in [0.25, 0.3) is 0 Å². The van der Waals surface area contributed by atoms with E-state index in [1.165, 1.54) is 16.7 Å². The molecule has 0 saturated heterocycles. The van der Waals surface area contributed by atoms with Gasteiger partial charge in [0, 0.05) is 11.8 Å². The first kappa shape index (κ1) is 19.5. The minimum absolute atomic E-state index is 0.464. The standard InChI is InChI=1S/C22H26BN/c1-6-8-9-12-18(3)16-23(22-14-10-13-20(22)5)17-19(4)15-21(24)11-7-2/h1-2,8-15,22H,16-17,24H2,3-5H3/b9-8-,18-12-,19-15-,21-11+. The van der Waals surface area contributed by atoms with Crippen LogP contribution in [0.1, 0.15) is 20.8 Å². The Kier molecular flexibility index (Phi) is 8.31. The largest absolute Gasteiger partial charge is 0.398 e. The first-order valence-corrected chi connectivity index (χ1v) is 8.20. The number of terminal acetylenes is 2. The first-order chi connectivity index (χ1) is 11.5. The quantitative estimate of drug-likeness (QED) is 0.402. The fourth-order valence-electron chi connectivity index (χ4n) is 3.09. The molecule has 0 spiro atoms. The monoisotopic (exact) mass is 315 g/mol. The van der Waals surface area contributed by atoms with Crippen molar-refractivity contribution in [2.75, 3.05) is 0 Å². The third kappa shape index (κ3) is 6.68. The lowest BCUT2D eigenvalue weighted by molar-refractivity contribution is 1.13. The molecule has 0 bridgehead atoms. The van der Waals surface area contributed by atoms with Crippen molar-refractivity contribution < 1.29 is 0 Å². The van der Waals surface area contributed by atoms with Crippen molar-refractivity contribution in [3.05, 3.63) is 71.0 Å². The van der Waals surface area contributed by atoms with Gasteiger partial charge in [-0.2, -0.15) is 0 Å². The molecule has 2 N–H and O–H groups in total. The normalized spacial score (nSPS) is 18.5. The number of hydrogen-bond acceptors (Lipinski definition) is 1. The lowest BCUT2D eigenvalue weighted by Gasteiger charge is -2.22. The lowest BCUT2D eigenvalue weighted by atomic mass is 9.34. The zero-order valence-electron chi connectivity index (χ0n) is 14.9. The van der Waals surface area contributed by atoms with E-state index in [0.29, 0.717) is 18.2 Å². The van der Waals surface area contributed by atoms with E-state index in [-0.39, 0.29) is 0 Å². The third-order valence-corrected chi connectivity index (χ3v) is 4.12. The predicted molar refractivity (Wildman–Crippen MR) is 109 cm³/mol. The average molecular weight is 315 g/mol. The molecule has 24 heavy (non-hydrogen) atoms. The lowest BCUT2D eigenvalue weighted by Crippen LogP contribution is -2.20. The molecule has 0 radical (unpaired) electrons. The van der Waals surface area contributed by atoms with Crippen LogP contribution in [-0.4, -0.2) is 6.71 Å². The zero-order chi connectivity index (χ0) is 17.9. The highest BCUT2D eigenvalue weighted by Crippen LogP contribution is 2.34. The van der Waals surface area contributed by atoms with Gasteiger partial charge in [0.2, 0.25) is 0 Å². The molecule has 0 amide bonds. The van der Waals surface area contributed by atoms with Gasteiger partial charge >= 0.3 is 0 Å². The number of hydrogen-bond donors (Lipinski definition) is 1. The Morgan fingerprint density at radius 3 is 2.54 bits per heavy atom. The number of nitrogens with two attached hydrogens (primary N) is 1. The van der Waals surface area contributed by atoms with Crippen LogP contribution in [0.3, 0.4) is 0 Å². The molecular weight excluding hydrogens is 289 g/mol. The van der Waals surface area contributed by atoms with Crippen molar-refractivity contribution in [2.24, 2.45) is 5.73 Å². The summed E-state index contributed by atoms with van der Waals surface area (Å²) in [6.45, 7) is 6.95. The highest BCUT2D eigenvalue weighted by molar-refractivity contribution is 6.63. The Hall–Kier alpha value is -2.58. The number of allylic oxidation sites excluding steroid dienone is 11. The second-order valence-electron chi connectivity index (χ2n) is 6.33. The summed E-state index contributed by atoms with van der Waals surface area (Å²) in [6.07, 6.45) is 28.4. The molecule has 0 fully saturated rings. The zero-order valence-corrected chi connectivity index (χ0v) is 14.9. The minimum atomic E-state index is 0.464. The molecule has 0 aromatic carbocycles. The van der Waals surface area contributed by atoms with Crippen molar-refractivity contribution in [2.45, 2.75) is 39.2 Å². The van der Waals surface area contributed by atoms with Crippen LogP contribution >= 0.6 is 0 Å². The van der Waals surface area contributed by atoms with E-state index in [1.54, 1.807) is 12.2 Å². The molecule has 1 atom stereocenters. The van der Waals surface area contributed by atoms with Crippen LogP contribution < -0.4 is 5.73 Å². The summed E-state index contributed by atoms with van der Waals surface area (Å²) >= 11 is 0. The van der Waals surface area contributed by atoms with E-state index in [2.05, 4.69) is 56.9 Å². The maximum absolute atomic E-state index is 5.90. The SMILES string of the molecule is C#C/C=C\C=C(\C)CB(C/C(C)=C\C(N)=C/C#C)C1C=CC=C1C. The van der Waals surface area contributed by atoms with Gasteiger partial charge < -0.3 is 5.73 Å². The molecule has 0 saturated carbocycles. The molecule has 0 heterocycles. The average Bonchev–Trinajstić information content (AvgIpc) is 2.93. The first-order valence-electron chi connectivity index (χ1n) is 8.20. The number of rotatable bonds is 7. The van der Waals surface area contributed by atoms with E-state index < -0.39 is 0 Å². The van der Waals surface area contributed by atoms with Crippen molar-refractivity contribution >= 4 is 6.71 Å². The van der Waals surface area contributed by atoms with Gasteiger partial charge in [-0.25, -0.2) is 0 Å². The maximum atomic E-state index is 5.90. The summed E-state index contributed by atoms with van der Waals surface area (Å²) in [5.41, 5.74) is 10.5. The second-order valence-corrected chi connectivity index (χ2v) is 6.33. The Bertz CT molecular complexity index is 699. The van der Waals surface area contributed by atoms with Crippen LogP contribution in [0.2, 0.25) is 18.5 Å². The highest BCUT2D eigenvalue weighted by atomic mass is 14.5. The molecule has 1 nitrogen and oxygen atoms in total. The topological polar surface area (TPSA) is 26.0 Å². The second kappa shape index (κ2) is 10.2. The molecule has 122 valence electrons. The molecular formula is C22H26BN.